The van der Waals surface area contributed by atoms with E-state index in [-0.39, 0.29) is 6.10 Å². The van der Waals surface area contributed by atoms with Crippen LogP contribution in [0.25, 0.3) is 0 Å². The summed E-state index contributed by atoms with van der Waals surface area (Å²) < 4.78 is 0. The molecule has 0 amide bonds. The van der Waals surface area contributed by atoms with Crippen molar-refractivity contribution in [1.29, 1.82) is 0 Å². The van der Waals surface area contributed by atoms with Crippen LogP contribution in [-0.2, 0) is 0 Å². The van der Waals surface area contributed by atoms with Crippen LogP contribution in [0.2, 0.25) is 0 Å². The van der Waals surface area contributed by atoms with Crippen molar-refractivity contribution in [1.82, 2.24) is 0 Å². The topological polar surface area (TPSA) is 20.2 Å². The summed E-state index contributed by atoms with van der Waals surface area (Å²) in [5, 5.41) is 10.2. The monoisotopic (exact) mass is 412 g/mol. The largest absolute Gasteiger partial charge is 0.393 e. The van der Waals surface area contributed by atoms with Gasteiger partial charge in [0.1, 0.15) is 0 Å². The van der Waals surface area contributed by atoms with E-state index in [0.717, 1.165) is 48.3 Å². The number of aliphatic hydroxyl groups excluding tert-OH is 1. The lowest BCUT2D eigenvalue weighted by atomic mass is 9.50. The van der Waals surface area contributed by atoms with Crippen LogP contribution in [0.1, 0.15) is 106 Å². The maximum Gasteiger partial charge on any atom is 0.0578 e. The average Bonchev–Trinajstić information content (AvgIpc) is 3.06. The van der Waals surface area contributed by atoms with E-state index in [1.165, 1.54) is 51.4 Å². The van der Waals surface area contributed by atoms with Gasteiger partial charge in [0, 0.05) is 0 Å². The Morgan fingerprint density at radius 1 is 0.967 bits per heavy atom. The van der Waals surface area contributed by atoms with Crippen molar-refractivity contribution >= 4 is 0 Å². The summed E-state index contributed by atoms with van der Waals surface area (Å²) in [7, 11) is 0. The first-order valence-electron chi connectivity index (χ1n) is 13.3. The van der Waals surface area contributed by atoms with Crippen molar-refractivity contribution in [2.75, 3.05) is 0 Å². The molecule has 0 bridgehead atoms. The van der Waals surface area contributed by atoms with E-state index < -0.39 is 0 Å². The van der Waals surface area contributed by atoms with Crippen molar-refractivity contribution in [3.05, 3.63) is 23.3 Å². The van der Waals surface area contributed by atoms with E-state index in [1.54, 1.807) is 11.1 Å². The maximum atomic E-state index is 10.2. The van der Waals surface area contributed by atoms with Crippen LogP contribution in [0.4, 0.5) is 0 Å². The number of rotatable bonds is 6. The van der Waals surface area contributed by atoms with Gasteiger partial charge in [0.15, 0.2) is 0 Å². The van der Waals surface area contributed by atoms with Crippen LogP contribution in [0, 0.1) is 46.3 Å². The Bertz CT molecular complexity index is 686. The standard InChI is InChI=1S/C29H48O/c1-7-21(19(2)3)9-8-20(4)25-12-13-26-24-11-10-22-18-23(30)14-16-28(22,5)27(24)15-17-29(25,26)6/h10-11,19-21,23,25-27,30H,7-9,12-18H2,1-6H3/t20-,21-,23+,25-,26+,27+,28+,29-/m1/s1. The number of aliphatic hydroxyl groups is 1. The Morgan fingerprint density at radius 3 is 2.43 bits per heavy atom. The second kappa shape index (κ2) is 8.42. The molecule has 4 rings (SSSR count). The first kappa shape index (κ1) is 22.6. The van der Waals surface area contributed by atoms with Gasteiger partial charge in [0.2, 0.25) is 0 Å². The second-order valence-corrected chi connectivity index (χ2v) is 12.5. The van der Waals surface area contributed by atoms with Gasteiger partial charge in [0.25, 0.3) is 0 Å². The third kappa shape index (κ3) is 3.66. The van der Waals surface area contributed by atoms with E-state index >= 15 is 0 Å². The van der Waals surface area contributed by atoms with Crippen LogP contribution in [0.3, 0.4) is 0 Å². The first-order chi connectivity index (χ1) is 14.2. The molecular formula is C29H48O. The molecule has 0 saturated heterocycles. The van der Waals surface area contributed by atoms with Crippen molar-refractivity contribution in [2.45, 2.75) is 112 Å². The summed E-state index contributed by atoms with van der Waals surface area (Å²) >= 11 is 0. The second-order valence-electron chi connectivity index (χ2n) is 12.5. The van der Waals surface area contributed by atoms with Gasteiger partial charge in [-0.3, -0.25) is 0 Å². The van der Waals surface area contributed by atoms with Crippen LogP contribution in [-0.4, -0.2) is 11.2 Å². The normalized spacial score (nSPS) is 42.7. The van der Waals surface area contributed by atoms with Gasteiger partial charge in [-0.2, -0.15) is 0 Å². The molecule has 3 fully saturated rings. The van der Waals surface area contributed by atoms with Crippen LogP contribution in [0.15, 0.2) is 23.3 Å². The Kier molecular flexibility index (Phi) is 6.35. The van der Waals surface area contributed by atoms with Crippen molar-refractivity contribution in [2.24, 2.45) is 46.3 Å². The average molecular weight is 413 g/mol. The summed E-state index contributed by atoms with van der Waals surface area (Å²) in [6.45, 7) is 15.0. The predicted octanol–water partition coefficient (Wildman–Crippen LogP) is 7.94. The van der Waals surface area contributed by atoms with Crippen LogP contribution >= 0.6 is 0 Å². The number of fused-ring (bicyclic) bond motifs is 5. The van der Waals surface area contributed by atoms with Gasteiger partial charge >= 0.3 is 0 Å². The lowest BCUT2D eigenvalue weighted by molar-refractivity contribution is 0.0315. The third-order valence-corrected chi connectivity index (χ3v) is 10.8. The SMILES string of the molecule is CC[C@H](CC[C@@H](C)[C@H]1CC[C@H]2C3=CC=C4C[C@@H](O)CC[C@]4(C)[C@H]3CC[C@]12C)C(C)C. The van der Waals surface area contributed by atoms with Crippen LogP contribution < -0.4 is 0 Å². The molecule has 0 spiro atoms. The molecule has 4 aliphatic rings. The van der Waals surface area contributed by atoms with Crippen molar-refractivity contribution in [3.63, 3.8) is 0 Å². The highest BCUT2D eigenvalue weighted by atomic mass is 16.3. The molecule has 0 radical (unpaired) electrons. The molecule has 0 unspecified atom stereocenters. The van der Waals surface area contributed by atoms with Crippen LogP contribution in [0.5, 0.6) is 0 Å². The van der Waals surface area contributed by atoms with Gasteiger partial charge in [-0.05, 0) is 97.7 Å². The Labute approximate surface area is 186 Å². The van der Waals surface area contributed by atoms with Gasteiger partial charge in [0.05, 0.1) is 6.10 Å². The van der Waals surface area contributed by atoms with Gasteiger partial charge < -0.3 is 5.11 Å². The minimum atomic E-state index is -0.109. The molecule has 0 aromatic rings. The summed E-state index contributed by atoms with van der Waals surface area (Å²) in [4.78, 5) is 0. The highest BCUT2D eigenvalue weighted by Crippen LogP contribution is 2.66. The van der Waals surface area contributed by atoms with Gasteiger partial charge in [-0.25, -0.2) is 0 Å². The zero-order chi connectivity index (χ0) is 21.7. The molecule has 0 aromatic carbocycles. The summed E-state index contributed by atoms with van der Waals surface area (Å²) in [6, 6.07) is 0. The zero-order valence-corrected chi connectivity index (χ0v) is 20.7. The molecule has 1 heteroatoms. The molecule has 0 aromatic heterocycles. The smallest absolute Gasteiger partial charge is 0.0578 e. The molecule has 0 heterocycles. The molecule has 0 aliphatic heterocycles. The zero-order valence-electron chi connectivity index (χ0n) is 20.7. The highest BCUT2D eigenvalue weighted by Gasteiger charge is 2.56. The van der Waals surface area contributed by atoms with Gasteiger partial charge in [-0.1, -0.05) is 77.7 Å². The lowest BCUT2D eigenvalue weighted by Gasteiger charge is -2.55. The minimum absolute atomic E-state index is 0.109. The summed E-state index contributed by atoms with van der Waals surface area (Å²) in [5.41, 5.74) is 4.17. The minimum Gasteiger partial charge on any atom is -0.393 e. The van der Waals surface area contributed by atoms with E-state index in [4.69, 9.17) is 0 Å². The Morgan fingerprint density at radius 2 is 1.73 bits per heavy atom. The first-order valence-corrected chi connectivity index (χ1v) is 13.3. The molecule has 8 atom stereocenters. The molecule has 3 saturated carbocycles. The molecule has 30 heavy (non-hydrogen) atoms. The molecule has 1 N–H and O–H groups in total. The fourth-order valence-electron chi connectivity index (χ4n) is 8.65. The highest BCUT2D eigenvalue weighted by molar-refractivity contribution is 5.38. The molecular weight excluding hydrogens is 364 g/mol. The van der Waals surface area contributed by atoms with E-state index in [1.807, 2.05) is 0 Å². The number of hydrogen-bond acceptors (Lipinski definition) is 1. The lowest BCUT2D eigenvalue weighted by Crippen LogP contribution is -2.46. The number of allylic oxidation sites excluding steroid dienone is 3. The fourth-order valence-corrected chi connectivity index (χ4v) is 8.65. The van der Waals surface area contributed by atoms with Crippen molar-refractivity contribution in [3.8, 4) is 0 Å². The molecule has 4 aliphatic carbocycles. The van der Waals surface area contributed by atoms with E-state index in [0.29, 0.717) is 10.8 Å². The Balaban J connectivity index is 1.51. The number of hydrogen-bond donors (Lipinski definition) is 1. The quantitative estimate of drug-likeness (QED) is 0.469. The fraction of sp³-hybridized carbons (Fsp3) is 0.862. The summed E-state index contributed by atoms with van der Waals surface area (Å²) in [5.74, 6) is 5.03. The molecule has 1 nitrogen and oxygen atoms in total. The Hall–Kier alpha value is -0.560. The van der Waals surface area contributed by atoms with E-state index in [9.17, 15) is 5.11 Å². The summed E-state index contributed by atoms with van der Waals surface area (Å²) in [6.07, 6.45) is 17.8. The third-order valence-electron chi connectivity index (χ3n) is 10.8. The van der Waals surface area contributed by atoms with E-state index in [2.05, 4.69) is 53.7 Å². The predicted molar refractivity (Wildman–Crippen MR) is 128 cm³/mol. The maximum absolute atomic E-state index is 10.2. The van der Waals surface area contributed by atoms with Crippen molar-refractivity contribution < 1.29 is 5.11 Å². The molecule has 170 valence electrons. The van der Waals surface area contributed by atoms with Gasteiger partial charge in [-0.15, -0.1) is 0 Å².